The first-order chi connectivity index (χ1) is 6.74. The molecule has 1 aliphatic rings. The zero-order valence-electron chi connectivity index (χ0n) is 8.66. The standard InChI is InChI=1S/C9H16N4O/c1-7-5-13(4-3-10-7)6-9-11-8(2)12-14-9/h7,10H,3-6H2,1-2H3/t7-/m1/s1. The van der Waals surface area contributed by atoms with E-state index in [9.17, 15) is 0 Å². The lowest BCUT2D eigenvalue weighted by Crippen LogP contribution is -2.48. The van der Waals surface area contributed by atoms with Gasteiger partial charge in [-0.3, -0.25) is 4.90 Å². The third-order valence-corrected chi connectivity index (χ3v) is 2.38. The third-order valence-electron chi connectivity index (χ3n) is 2.38. The van der Waals surface area contributed by atoms with Gasteiger partial charge in [0.05, 0.1) is 6.54 Å². The smallest absolute Gasteiger partial charge is 0.240 e. The maximum Gasteiger partial charge on any atom is 0.240 e. The Bertz CT molecular complexity index is 299. The monoisotopic (exact) mass is 196 g/mol. The molecule has 1 aromatic heterocycles. The van der Waals surface area contributed by atoms with Crippen molar-refractivity contribution in [2.24, 2.45) is 0 Å². The molecule has 1 atom stereocenters. The van der Waals surface area contributed by atoms with Crippen molar-refractivity contribution >= 4 is 0 Å². The van der Waals surface area contributed by atoms with Crippen molar-refractivity contribution in [3.8, 4) is 0 Å². The Hall–Kier alpha value is -0.940. The summed E-state index contributed by atoms with van der Waals surface area (Å²) in [5.74, 6) is 1.43. The molecule has 1 N–H and O–H groups in total. The summed E-state index contributed by atoms with van der Waals surface area (Å²) in [6.45, 7) is 7.92. The Labute approximate surface area is 83.5 Å². The van der Waals surface area contributed by atoms with E-state index in [1.54, 1.807) is 0 Å². The molecule has 1 aromatic rings. The van der Waals surface area contributed by atoms with Crippen LogP contribution in [0.4, 0.5) is 0 Å². The quantitative estimate of drug-likeness (QED) is 0.731. The van der Waals surface area contributed by atoms with E-state index in [1.165, 1.54) is 0 Å². The second-order valence-corrected chi connectivity index (χ2v) is 3.83. The number of aryl methyl sites for hydroxylation is 1. The minimum absolute atomic E-state index is 0.549. The number of nitrogens with one attached hydrogen (secondary N) is 1. The molecular formula is C9H16N4O. The normalized spacial score (nSPS) is 24.0. The summed E-state index contributed by atoms with van der Waals surface area (Å²) in [4.78, 5) is 6.52. The average Bonchev–Trinajstić information content (AvgIpc) is 2.51. The van der Waals surface area contributed by atoms with Gasteiger partial charge in [-0.2, -0.15) is 4.98 Å². The van der Waals surface area contributed by atoms with Crippen LogP contribution >= 0.6 is 0 Å². The van der Waals surface area contributed by atoms with Crippen LogP contribution in [0, 0.1) is 6.92 Å². The highest BCUT2D eigenvalue weighted by Gasteiger charge is 2.17. The number of hydrogen-bond donors (Lipinski definition) is 1. The third kappa shape index (κ3) is 2.30. The minimum atomic E-state index is 0.549. The molecule has 5 heteroatoms. The summed E-state index contributed by atoms with van der Waals surface area (Å²) in [7, 11) is 0. The maximum absolute atomic E-state index is 5.08. The lowest BCUT2D eigenvalue weighted by Gasteiger charge is -2.30. The largest absolute Gasteiger partial charge is 0.338 e. The Balaban J connectivity index is 1.90. The van der Waals surface area contributed by atoms with Gasteiger partial charge in [0.25, 0.3) is 0 Å². The summed E-state index contributed by atoms with van der Waals surface area (Å²) in [5.41, 5.74) is 0. The first kappa shape index (κ1) is 9.61. The molecule has 5 nitrogen and oxygen atoms in total. The van der Waals surface area contributed by atoms with Gasteiger partial charge in [-0.15, -0.1) is 0 Å². The van der Waals surface area contributed by atoms with Crippen molar-refractivity contribution in [2.45, 2.75) is 26.4 Å². The van der Waals surface area contributed by atoms with Gasteiger partial charge < -0.3 is 9.84 Å². The number of nitrogens with zero attached hydrogens (tertiary/aromatic N) is 3. The van der Waals surface area contributed by atoms with Crippen LogP contribution in [-0.4, -0.2) is 40.7 Å². The van der Waals surface area contributed by atoms with Crippen molar-refractivity contribution in [3.63, 3.8) is 0 Å². The van der Waals surface area contributed by atoms with Crippen LogP contribution < -0.4 is 5.32 Å². The highest BCUT2D eigenvalue weighted by Crippen LogP contribution is 2.05. The molecule has 0 radical (unpaired) electrons. The first-order valence-electron chi connectivity index (χ1n) is 4.99. The molecule has 78 valence electrons. The summed E-state index contributed by atoms with van der Waals surface area (Å²) in [5, 5.41) is 7.17. The van der Waals surface area contributed by atoms with Gasteiger partial charge >= 0.3 is 0 Å². The van der Waals surface area contributed by atoms with Crippen LogP contribution in [0.3, 0.4) is 0 Å². The maximum atomic E-state index is 5.08. The molecule has 1 fully saturated rings. The van der Waals surface area contributed by atoms with Crippen LogP contribution in [0.5, 0.6) is 0 Å². The molecule has 14 heavy (non-hydrogen) atoms. The molecule has 0 unspecified atom stereocenters. The Morgan fingerprint density at radius 3 is 3.14 bits per heavy atom. The molecule has 1 aliphatic heterocycles. The summed E-state index contributed by atoms with van der Waals surface area (Å²) >= 11 is 0. The van der Waals surface area contributed by atoms with Crippen molar-refractivity contribution in [1.82, 2.24) is 20.4 Å². The van der Waals surface area contributed by atoms with Gasteiger partial charge in [0.1, 0.15) is 0 Å². The first-order valence-corrected chi connectivity index (χ1v) is 4.99. The number of aromatic nitrogens is 2. The van der Waals surface area contributed by atoms with Crippen LogP contribution in [-0.2, 0) is 6.54 Å². The average molecular weight is 196 g/mol. The van der Waals surface area contributed by atoms with Crippen LogP contribution in [0.2, 0.25) is 0 Å². The molecule has 0 bridgehead atoms. The Morgan fingerprint density at radius 1 is 1.64 bits per heavy atom. The molecule has 1 saturated heterocycles. The van der Waals surface area contributed by atoms with E-state index in [0.29, 0.717) is 11.9 Å². The predicted octanol–water partition coefficient (Wildman–Crippen LogP) is 0.172. The lowest BCUT2D eigenvalue weighted by atomic mass is 10.2. The van der Waals surface area contributed by atoms with E-state index in [-0.39, 0.29) is 0 Å². The van der Waals surface area contributed by atoms with E-state index in [2.05, 4.69) is 27.3 Å². The Morgan fingerprint density at radius 2 is 2.50 bits per heavy atom. The molecular weight excluding hydrogens is 180 g/mol. The predicted molar refractivity (Wildman–Crippen MR) is 51.8 cm³/mol. The molecule has 2 heterocycles. The van der Waals surface area contributed by atoms with Crippen LogP contribution in [0.1, 0.15) is 18.6 Å². The van der Waals surface area contributed by atoms with E-state index < -0.39 is 0 Å². The summed E-state index contributed by atoms with van der Waals surface area (Å²) < 4.78 is 5.08. The number of rotatable bonds is 2. The minimum Gasteiger partial charge on any atom is -0.338 e. The molecule has 0 spiro atoms. The zero-order valence-corrected chi connectivity index (χ0v) is 8.66. The van der Waals surface area contributed by atoms with Crippen molar-refractivity contribution < 1.29 is 4.52 Å². The van der Waals surface area contributed by atoms with Gasteiger partial charge in [-0.25, -0.2) is 0 Å². The highest BCUT2D eigenvalue weighted by molar-refractivity contribution is 4.85. The van der Waals surface area contributed by atoms with E-state index >= 15 is 0 Å². The van der Waals surface area contributed by atoms with E-state index in [0.717, 1.165) is 32.1 Å². The second kappa shape index (κ2) is 4.06. The SMILES string of the molecule is Cc1noc(CN2CCN[C@H](C)C2)n1. The van der Waals surface area contributed by atoms with Crippen molar-refractivity contribution in [3.05, 3.63) is 11.7 Å². The highest BCUT2D eigenvalue weighted by atomic mass is 16.5. The lowest BCUT2D eigenvalue weighted by molar-refractivity contribution is 0.177. The van der Waals surface area contributed by atoms with Gasteiger partial charge in [0.15, 0.2) is 5.82 Å². The van der Waals surface area contributed by atoms with Crippen molar-refractivity contribution in [2.75, 3.05) is 19.6 Å². The molecule has 2 rings (SSSR count). The van der Waals surface area contributed by atoms with Gasteiger partial charge in [0, 0.05) is 25.7 Å². The van der Waals surface area contributed by atoms with Crippen LogP contribution in [0.15, 0.2) is 4.52 Å². The van der Waals surface area contributed by atoms with E-state index in [4.69, 9.17) is 4.52 Å². The second-order valence-electron chi connectivity index (χ2n) is 3.83. The fraction of sp³-hybridized carbons (Fsp3) is 0.778. The molecule has 0 amide bonds. The summed E-state index contributed by atoms with van der Waals surface area (Å²) in [6, 6.07) is 0.549. The van der Waals surface area contributed by atoms with Gasteiger partial charge in [-0.1, -0.05) is 5.16 Å². The zero-order chi connectivity index (χ0) is 9.97. The van der Waals surface area contributed by atoms with Gasteiger partial charge in [-0.05, 0) is 13.8 Å². The van der Waals surface area contributed by atoms with Gasteiger partial charge in [0.2, 0.25) is 5.89 Å². The summed E-state index contributed by atoms with van der Waals surface area (Å²) in [6.07, 6.45) is 0. The molecule has 0 aliphatic carbocycles. The Kier molecular flexibility index (Phi) is 2.79. The van der Waals surface area contributed by atoms with E-state index in [1.807, 2.05) is 6.92 Å². The number of hydrogen-bond acceptors (Lipinski definition) is 5. The fourth-order valence-electron chi connectivity index (χ4n) is 1.75. The number of piperazine rings is 1. The van der Waals surface area contributed by atoms with Crippen molar-refractivity contribution in [1.29, 1.82) is 0 Å². The molecule has 0 aromatic carbocycles. The molecule has 0 saturated carbocycles. The fourth-order valence-corrected chi connectivity index (χ4v) is 1.75. The topological polar surface area (TPSA) is 54.2 Å². The van der Waals surface area contributed by atoms with Crippen LogP contribution in [0.25, 0.3) is 0 Å².